The fourth-order valence-corrected chi connectivity index (χ4v) is 1.22. The van der Waals surface area contributed by atoms with E-state index in [0.29, 0.717) is 5.92 Å². The molecule has 0 saturated carbocycles. The van der Waals surface area contributed by atoms with E-state index in [0.717, 1.165) is 12.3 Å². The second-order valence-electron chi connectivity index (χ2n) is 3.92. The Hall–Kier alpha value is 0.557. The summed E-state index contributed by atoms with van der Waals surface area (Å²) < 4.78 is 0. The van der Waals surface area contributed by atoms with Crippen LogP contribution in [-0.2, 0) is 0 Å². The molecule has 0 aromatic rings. The second kappa shape index (κ2) is 9.64. The van der Waals surface area contributed by atoms with Crippen molar-refractivity contribution < 1.29 is 24.0 Å². The number of hydrogen-bond donors (Lipinski definition) is 0. The van der Waals surface area contributed by atoms with Crippen molar-refractivity contribution in [2.75, 3.05) is 6.61 Å². The van der Waals surface area contributed by atoms with Crippen LogP contribution in [0, 0.1) is 11.8 Å². The van der Waals surface area contributed by atoms with E-state index in [2.05, 4.69) is 20.8 Å². The Morgan fingerprint density at radius 1 is 1.00 bits per heavy atom. The maximum Gasteiger partial charge on any atom is 1.00 e. The summed E-state index contributed by atoms with van der Waals surface area (Å²) in [5, 5.41) is 10.2. The zero-order chi connectivity index (χ0) is 8.69. The van der Waals surface area contributed by atoms with Gasteiger partial charge in [0.15, 0.2) is 0 Å². The molecule has 0 aromatic carbocycles. The normalized spacial score (nSPS) is 12.8. The van der Waals surface area contributed by atoms with Crippen LogP contribution in [0.4, 0.5) is 0 Å². The minimum Gasteiger partial charge on any atom is -0.854 e. The molecule has 0 aliphatic heterocycles. The minimum atomic E-state index is 0. The average Bonchev–Trinajstić information content (AvgIpc) is 1.87. The molecule has 0 aromatic heterocycles. The van der Waals surface area contributed by atoms with Gasteiger partial charge in [-0.15, -0.1) is 6.61 Å². The summed E-state index contributed by atoms with van der Waals surface area (Å²) in [4.78, 5) is 0. The molecule has 0 N–H and O–H groups in total. The van der Waals surface area contributed by atoms with Crippen molar-refractivity contribution in [3.05, 3.63) is 0 Å². The molecule has 1 atom stereocenters. The van der Waals surface area contributed by atoms with Crippen LogP contribution in [-0.4, -0.2) is 6.61 Å². The molecule has 0 heterocycles. The van der Waals surface area contributed by atoms with E-state index in [9.17, 15) is 5.11 Å². The Balaban J connectivity index is 0. The Morgan fingerprint density at radius 3 is 2.00 bits per heavy atom. The van der Waals surface area contributed by atoms with Crippen molar-refractivity contribution in [2.45, 2.75) is 46.5 Å². The molecule has 0 amide bonds. The molecule has 0 spiro atoms. The van der Waals surface area contributed by atoms with Gasteiger partial charge in [0.05, 0.1) is 0 Å². The van der Waals surface area contributed by atoms with Gasteiger partial charge in [-0.3, -0.25) is 0 Å². The van der Waals surface area contributed by atoms with Crippen LogP contribution in [0.2, 0.25) is 0 Å². The number of hydrogen-bond acceptors (Lipinski definition) is 1. The molecular formula is C10H21LiO. The first-order valence-electron chi connectivity index (χ1n) is 4.75. The van der Waals surface area contributed by atoms with Crippen LogP contribution >= 0.6 is 0 Å². The third-order valence-corrected chi connectivity index (χ3v) is 2.09. The molecular weight excluding hydrogens is 143 g/mol. The van der Waals surface area contributed by atoms with Gasteiger partial charge >= 0.3 is 18.9 Å². The van der Waals surface area contributed by atoms with E-state index in [1.165, 1.54) is 19.3 Å². The molecule has 0 rings (SSSR count). The maximum atomic E-state index is 10.2. The summed E-state index contributed by atoms with van der Waals surface area (Å²) in [6.07, 6.45) is 4.69. The Labute approximate surface area is 89.1 Å². The molecule has 0 fully saturated rings. The SMILES string of the molecule is CC(C)CCCC(C)CC[O-].[Li+]. The first kappa shape index (κ1) is 15.0. The first-order valence-corrected chi connectivity index (χ1v) is 4.75. The molecule has 2 heteroatoms. The van der Waals surface area contributed by atoms with Gasteiger partial charge in [-0.05, 0) is 11.8 Å². The zero-order valence-electron chi connectivity index (χ0n) is 9.10. The fraction of sp³-hybridized carbons (Fsp3) is 1.00. The standard InChI is InChI=1S/C10H21O.Li/c1-9(2)5-4-6-10(3)7-8-11;/h9-10H,4-8H2,1-3H3;/q-1;+1. The van der Waals surface area contributed by atoms with Crippen molar-refractivity contribution >= 4 is 0 Å². The summed E-state index contributed by atoms with van der Waals surface area (Å²) in [6.45, 7) is 6.78. The zero-order valence-corrected chi connectivity index (χ0v) is 9.10. The molecule has 0 aliphatic rings. The molecule has 0 radical (unpaired) electrons. The molecule has 12 heavy (non-hydrogen) atoms. The third kappa shape index (κ3) is 10.6. The van der Waals surface area contributed by atoms with E-state index >= 15 is 0 Å². The summed E-state index contributed by atoms with van der Waals surface area (Å²) in [6, 6.07) is 0. The van der Waals surface area contributed by atoms with Crippen molar-refractivity contribution in [3.8, 4) is 0 Å². The predicted octanol–water partition coefficient (Wildman–Crippen LogP) is -0.797. The van der Waals surface area contributed by atoms with Crippen LogP contribution in [0.3, 0.4) is 0 Å². The maximum absolute atomic E-state index is 10.2. The van der Waals surface area contributed by atoms with Gasteiger partial charge in [-0.2, -0.15) is 0 Å². The van der Waals surface area contributed by atoms with Gasteiger partial charge in [-0.25, -0.2) is 0 Å². The van der Waals surface area contributed by atoms with Crippen LogP contribution in [0.1, 0.15) is 46.5 Å². The quantitative estimate of drug-likeness (QED) is 0.471. The van der Waals surface area contributed by atoms with Gasteiger partial charge in [0.2, 0.25) is 0 Å². The van der Waals surface area contributed by atoms with Gasteiger partial charge < -0.3 is 5.11 Å². The summed E-state index contributed by atoms with van der Waals surface area (Å²) in [5.41, 5.74) is 0. The van der Waals surface area contributed by atoms with Crippen LogP contribution < -0.4 is 24.0 Å². The summed E-state index contributed by atoms with van der Waals surface area (Å²) in [5.74, 6) is 1.46. The van der Waals surface area contributed by atoms with Gasteiger partial charge in [0.1, 0.15) is 0 Å². The smallest absolute Gasteiger partial charge is 0.854 e. The Morgan fingerprint density at radius 2 is 1.58 bits per heavy atom. The van der Waals surface area contributed by atoms with Crippen LogP contribution in [0.15, 0.2) is 0 Å². The molecule has 68 valence electrons. The molecule has 0 aliphatic carbocycles. The average molecular weight is 164 g/mol. The van der Waals surface area contributed by atoms with E-state index in [4.69, 9.17) is 0 Å². The Kier molecular flexibility index (Phi) is 12.1. The van der Waals surface area contributed by atoms with E-state index < -0.39 is 0 Å². The minimum absolute atomic E-state index is 0. The van der Waals surface area contributed by atoms with Crippen LogP contribution in [0.5, 0.6) is 0 Å². The molecule has 1 unspecified atom stereocenters. The largest absolute Gasteiger partial charge is 1.00 e. The van der Waals surface area contributed by atoms with Gasteiger partial charge in [-0.1, -0.05) is 46.5 Å². The molecule has 0 saturated heterocycles. The van der Waals surface area contributed by atoms with Crippen molar-refractivity contribution in [2.24, 2.45) is 11.8 Å². The summed E-state index contributed by atoms with van der Waals surface area (Å²) in [7, 11) is 0. The van der Waals surface area contributed by atoms with E-state index in [1.54, 1.807) is 0 Å². The predicted molar refractivity (Wildman–Crippen MR) is 47.3 cm³/mol. The summed E-state index contributed by atoms with van der Waals surface area (Å²) >= 11 is 0. The monoisotopic (exact) mass is 164 g/mol. The van der Waals surface area contributed by atoms with Crippen molar-refractivity contribution in [3.63, 3.8) is 0 Å². The van der Waals surface area contributed by atoms with E-state index in [-0.39, 0.29) is 25.5 Å². The van der Waals surface area contributed by atoms with E-state index in [1.807, 2.05) is 0 Å². The Bertz CT molecular complexity index is 83.9. The van der Waals surface area contributed by atoms with Crippen molar-refractivity contribution in [1.82, 2.24) is 0 Å². The molecule has 1 nitrogen and oxygen atoms in total. The number of rotatable bonds is 6. The third-order valence-electron chi connectivity index (χ3n) is 2.09. The van der Waals surface area contributed by atoms with Crippen LogP contribution in [0.25, 0.3) is 0 Å². The topological polar surface area (TPSA) is 23.1 Å². The second-order valence-corrected chi connectivity index (χ2v) is 3.92. The van der Waals surface area contributed by atoms with Crippen molar-refractivity contribution in [1.29, 1.82) is 0 Å². The first-order chi connectivity index (χ1) is 5.16. The fourth-order valence-electron chi connectivity index (χ4n) is 1.22. The molecule has 0 bridgehead atoms. The van der Waals surface area contributed by atoms with Gasteiger partial charge in [0.25, 0.3) is 0 Å². The van der Waals surface area contributed by atoms with Gasteiger partial charge in [0, 0.05) is 0 Å².